The van der Waals surface area contributed by atoms with Crippen molar-refractivity contribution in [2.24, 2.45) is 0 Å². The molecule has 0 N–H and O–H groups in total. The van der Waals surface area contributed by atoms with E-state index in [1.807, 2.05) is 0 Å². The Morgan fingerprint density at radius 2 is 1.72 bits per heavy atom. The zero-order chi connectivity index (χ0) is 13.1. The summed E-state index contributed by atoms with van der Waals surface area (Å²) in [6.07, 6.45) is 0.459. The van der Waals surface area contributed by atoms with Gasteiger partial charge in [-0.1, -0.05) is 34.1 Å². The van der Waals surface area contributed by atoms with Gasteiger partial charge in [0.1, 0.15) is 11.6 Å². The van der Waals surface area contributed by atoms with Gasteiger partial charge in [-0.2, -0.15) is 0 Å². The second kappa shape index (κ2) is 5.81. The Labute approximate surface area is 118 Å². The fourth-order valence-corrected chi connectivity index (χ4v) is 2.38. The molecule has 1 unspecified atom stereocenters. The van der Waals surface area contributed by atoms with Crippen molar-refractivity contribution in [3.63, 3.8) is 0 Å². The van der Waals surface area contributed by atoms with Gasteiger partial charge in [-0.15, -0.1) is 11.6 Å². The Morgan fingerprint density at radius 3 is 2.33 bits per heavy atom. The highest BCUT2D eigenvalue weighted by Crippen LogP contribution is 2.28. The van der Waals surface area contributed by atoms with Crippen molar-refractivity contribution >= 4 is 27.5 Å². The fourth-order valence-electron chi connectivity index (χ4n) is 1.69. The van der Waals surface area contributed by atoms with Crippen LogP contribution in [0.1, 0.15) is 16.5 Å². The lowest BCUT2D eigenvalue weighted by Gasteiger charge is -2.11. The van der Waals surface area contributed by atoms with Gasteiger partial charge < -0.3 is 0 Å². The molecule has 0 heterocycles. The lowest BCUT2D eigenvalue weighted by atomic mass is 10.0. The molecule has 0 amide bonds. The molecule has 94 valence electrons. The summed E-state index contributed by atoms with van der Waals surface area (Å²) in [6, 6.07) is 10.8. The molecule has 2 rings (SSSR count). The molecular formula is C14H10BrClF2. The first-order valence-electron chi connectivity index (χ1n) is 5.40. The van der Waals surface area contributed by atoms with Crippen LogP contribution >= 0.6 is 27.5 Å². The zero-order valence-electron chi connectivity index (χ0n) is 9.34. The number of hydrogen-bond acceptors (Lipinski definition) is 0. The highest BCUT2D eigenvalue weighted by atomic mass is 79.9. The summed E-state index contributed by atoms with van der Waals surface area (Å²) in [5, 5.41) is -0.469. The molecule has 0 aliphatic rings. The molecule has 2 aromatic rings. The number of hydrogen-bond donors (Lipinski definition) is 0. The summed E-state index contributed by atoms with van der Waals surface area (Å²) in [5.41, 5.74) is 1.32. The lowest BCUT2D eigenvalue weighted by Crippen LogP contribution is -1.99. The normalized spacial score (nSPS) is 12.4. The van der Waals surface area contributed by atoms with E-state index in [4.69, 9.17) is 11.6 Å². The summed E-state index contributed by atoms with van der Waals surface area (Å²) in [5.74, 6) is -0.633. The van der Waals surface area contributed by atoms with Crippen LogP contribution < -0.4 is 0 Å². The van der Waals surface area contributed by atoms with Crippen LogP contribution in [0, 0.1) is 11.6 Å². The lowest BCUT2D eigenvalue weighted by molar-refractivity contribution is 0.604. The Bertz CT molecular complexity index is 540. The smallest absolute Gasteiger partial charge is 0.129 e. The second-order valence-electron chi connectivity index (χ2n) is 3.96. The maximum atomic E-state index is 13.7. The van der Waals surface area contributed by atoms with Gasteiger partial charge in [-0.3, -0.25) is 0 Å². The maximum absolute atomic E-state index is 13.7. The maximum Gasteiger partial charge on any atom is 0.129 e. The molecule has 0 aromatic heterocycles. The van der Waals surface area contributed by atoms with Gasteiger partial charge in [0.25, 0.3) is 0 Å². The topological polar surface area (TPSA) is 0 Å². The Balaban J connectivity index is 2.16. The molecule has 0 nitrogen and oxygen atoms in total. The molecule has 18 heavy (non-hydrogen) atoms. The van der Waals surface area contributed by atoms with Gasteiger partial charge in [0.15, 0.2) is 0 Å². The summed E-state index contributed by atoms with van der Waals surface area (Å²) in [4.78, 5) is 0. The second-order valence-corrected chi connectivity index (χ2v) is 5.41. The fraction of sp³-hybridized carbons (Fsp3) is 0.143. The third-order valence-electron chi connectivity index (χ3n) is 2.63. The minimum absolute atomic E-state index is 0.292. The Morgan fingerprint density at radius 1 is 1.06 bits per heavy atom. The van der Waals surface area contributed by atoms with Crippen LogP contribution in [-0.4, -0.2) is 0 Å². The van der Waals surface area contributed by atoms with E-state index < -0.39 is 5.38 Å². The number of rotatable bonds is 3. The predicted octanol–water partition coefficient (Wildman–Crippen LogP) is 5.25. The molecule has 1 atom stereocenters. The average molecular weight is 332 g/mol. The molecule has 4 heteroatoms. The van der Waals surface area contributed by atoms with E-state index in [0.29, 0.717) is 16.5 Å². The third kappa shape index (κ3) is 3.30. The van der Waals surface area contributed by atoms with Crippen molar-refractivity contribution in [2.75, 3.05) is 0 Å². The predicted molar refractivity (Wildman–Crippen MR) is 72.8 cm³/mol. The Hall–Kier alpha value is -0.930. The molecular weight excluding hydrogens is 322 g/mol. The first kappa shape index (κ1) is 13.5. The molecule has 0 saturated carbocycles. The zero-order valence-corrected chi connectivity index (χ0v) is 11.7. The van der Waals surface area contributed by atoms with E-state index in [-0.39, 0.29) is 11.6 Å². The molecule has 0 saturated heterocycles. The first-order chi connectivity index (χ1) is 8.56. The number of benzene rings is 2. The van der Waals surface area contributed by atoms with E-state index in [9.17, 15) is 8.78 Å². The van der Waals surface area contributed by atoms with Gasteiger partial charge in [-0.25, -0.2) is 8.78 Å². The van der Waals surface area contributed by atoms with Crippen molar-refractivity contribution in [1.29, 1.82) is 0 Å². The minimum Gasteiger partial charge on any atom is -0.207 e. The van der Waals surface area contributed by atoms with Crippen molar-refractivity contribution in [2.45, 2.75) is 11.8 Å². The summed E-state index contributed by atoms with van der Waals surface area (Å²) in [7, 11) is 0. The first-order valence-corrected chi connectivity index (χ1v) is 6.62. The van der Waals surface area contributed by atoms with Crippen molar-refractivity contribution < 1.29 is 8.78 Å². The average Bonchev–Trinajstić information content (AvgIpc) is 2.32. The monoisotopic (exact) mass is 330 g/mol. The van der Waals surface area contributed by atoms with Crippen LogP contribution in [0.25, 0.3) is 0 Å². The molecule has 2 aromatic carbocycles. The summed E-state index contributed by atoms with van der Waals surface area (Å²) in [6.45, 7) is 0. The molecule has 0 radical (unpaired) electrons. The summed E-state index contributed by atoms with van der Waals surface area (Å²) >= 11 is 9.38. The number of halogens is 4. The molecule has 0 bridgehead atoms. The molecule has 0 spiro atoms. The summed E-state index contributed by atoms with van der Waals surface area (Å²) < 4.78 is 27.1. The van der Waals surface area contributed by atoms with E-state index in [1.165, 1.54) is 18.2 Å². The van der Waals surface area contributed by atoms with Gasteiger partial charge in [0, 0.05) is 10.0 Å². The van der Waals surface area contributed by atoms with E-state index in [1.54, 1.807) is 24.3 Å². The van der Waals surface area contributed by atoms with Crippen LogP contribution in [0.2, 0.25) is 0 Å². The molecule has 0 fully saturated rings. The van der Waals surface area contributed by atoms with Crippen LogP contribution in [0.5, 0.6) is 0 Å². The van der Waals surface area contributed by atoms with Crippen LogP contribution in [-0.2, 0) is 6.42 Å². The van der Waals surface area contributed by atoms with E-state index in [2.05, 4.69) is 15.9 Å². The van der Waals surface area contributed by atoms with Gasteiger partial charge >= 0.3 is 0 Å². The van der Waals surface area contributed by atoms with E-state index >= 15 is 0 Å². The van der Waals surface area contributed by atoms with Crippen LogP contribution in [0.15, 0.2) is 46.9 Å². The van der Waals surface area contributed by atoms with Crippen LogP contribution in [0.3, 0.4) is 0 Å². The Kier molecular flexibility index (Phi) is 4.36. The van der Waals surface area contributed by atoms with Crippen molar-refractivity contribution in [3.05, 3.63) is 69.7 Å². The molecule has 0 aliphatic carbocycles. The van der Waals surface area contributed by atoms with Gasteiger partial charge in [-0.05, 0) is 36.2 Å². The highest BCUT2D eigenvalue weighted by molar-refractivity contribution is 9.10. The number of alkyl halides is 1. The SMILES string of the molecule is Fc1ccc(CC(Cl)c2ccc(Br)cc2F)cc1. The largest absolute Gasteiger partial charge is 0.207 e. The van der Waals surface area contributed by atoms with Gasteiger partial charge in [0.2, 0.25) is 0 Å². The third-order valence-corrected chi connectivity index (χ3v) is 3.51. The minimum atomic E-state index is -0.469. The van der Waals surface area contributed by atoms with Crippen LogP contribution in [0.4, 0.5) is 8.78 Å². The highest BCUT2D eigenvalue weighted by Gasteiger charge is 2.14. The molecule has 0 aliphatic heterocycles. The standard InChI is InChI=1S/C14H10BrClF2/c15-10-3-6-12(14(18)8-10)13(16)7-9-1-4-11(17)5-2-9/h1-6,8,13H,7H2. The van der Waals surface area contributed by atoms with Crippen molar-refractivity contribution in [1.82, 2.24) is 0 Å². The van der Waals surface area contributed by atoms with Gasteiger partial charge in [0.05, 0.1) is 5.38 Å². The quantitative estimate of drug-likeness (QED) is 0.674. The van der Waals surface area contributed by atoms with Crippen molar-refractivity contribution in [3.8, 4) is 0 Å². The van der Waals surface area contributed by atoms with E-state index in [0.717, 1.165) is 5.56 Å².